The fourth-order valence-corrected chi connectivity index (χ4v) is 3.80. The summed E-state index contributed by atoms with van der Waals surface area (Å²) in [6.07, 6.45) is 8.88. The summed E-state index contributed by atoms with van der Waals surface area (Å²) in [5.41, 5.74) is 4.11. The zero-order chi connectivity index (χ0) is 15.7. The molecule has 2 aliphatic rings. The minimum atomic E-state index is 0.174. The first-order valence-electron chi connectivity index (χ1n) is 8.29. The van der Waals surface area contributed by atoms with Crippen LogP contribution in [0, 0.1) is 0 Å². The van der Waals surface area contributed by atoms with Crippen LogP contribution >= 0.6 is 0 Å². The van der Waals surface area contributed by atoms with E-state index in [0.29, 0.717) is 0 Å². The minimum Gasteiger partial charge on any atom is -0.497 e. The molecule has 0 amide bonds. The van der Waals surface area contributed by atoms with E-state index < -0.39 is 0 Å². The molecule has 118 valence electrons. The molecule has 1 aromatic heterocycles. The summed E-state index contributed by atoms with van der Waals surface area (Å²) in [4.78, 5) is 7.21. The van der Waals surface area contributed by atoms with E-state index in [1.54, 1.807) is 7.11 Å². The van der Waals surface area contributed by atoms with Crippen molar-refractivity contribution >= 4 is 6.08 Å². The number of piperidine rings is 1. The Kier molecular flexibility index (Phi) is 3.66. The van der Waals surface area contributed by atoms with Crippen molar-refractivity contribution in [2.75, 3.05) is 20.2 Å². The number of methoxy groups -OCH3 is 1. The number of aromatic nitrogens is 1. The third kappa shape index (κ3) is 2.66. The van der Waals surface area contributed by atoms with Gasteiger partial charge in [-0.1, -0.05) is 30.4 Å². The monoisotopic (exact) mass is 306 g/mol. The van der Waals surface area contributed by atoms with Crippen LogP contribution in [0.1, 0.15) is 29.7 Å². The summed E-state index contributed by atoms with van der Waals surface area (Å²) in [5, 5.41) is 0. The van der Waals surface area contributed by atoms with Gasteiger partial charge in [-0.15, -0.1) is 0 Å². The largest absolute Gasteiger partial charge is 0.497 e. The first kappa shape index (κ1) is 14.5. The van der Waals surface area contributed by atoms with Crippen LogP contribution in [0.15, 0.2) is 48.7 Å². The average Bonchev–Trinajstić information content (AvgIpc) is 2.97. The number of nitrogens with zero attached hydrogens (tertiary/aromatic N) is 2. The van der Waals surface area contributed by atoms with Gasteiger partial charge in [0, 0.05) is 18.2 Å². The van der Waals surface area contributed by atoms with E-state index in [1.807, 2.05) is 24.4 Å². The number of likely N-dealkylation sites (tertiary alicyclic amines) is 1. The Morgan fingerprint density at radius 3 is 2.65 bits per heavy atom. The molecule has 1 fully saturated rings. The quantitative estimate of drug-likeness (QED) is 0.865. The predicted molar refractivity (Wildman–Crippen MR) is 92.5 cm³/mol. The number of rotatable bonds is 3. The average molecular weight is 306 g/mol. The Bertz CT molecular complexity index is 713. The molecule has 2 heterocycles. The van der Waals surface area contributed by atoms with E-state index in [1.165, 1.54) is 16.8 Å². The first-order chi connectivity index (χ1) is 11.3. The van der Waals surface area contributed by atoms with Crippen LogP contribution in [-0.2, 0) is 12.0 Å². The Balaban J connectivity index is 1.42. The molecule has 0 atom stereocenters. The molecule has 0 bridgehead atoms. The minimum absolute atomic E-state index is 0.174. The Hall–Kier alpha value is -2.13. The van der Waals surface area contributed by atoms with Crippen molar-refractivity contribution in [1.29, 1.82) is 0 Å². The van der Waals surface area contributed by atoms with Gasteiger partial charge in [0.05, 0.1) is 12.8 Å². The van der Waals surface area contributed by atoms with Crippen LogP contribution in [0.3, 0.4) is 0 Å². The highest BCUT2D eigenvalue weighted by Gasteiger charge is 2.39. The molecule has 1 aliphatic heterocycles. The van der Waals surface area contributed by atoms with Gasteiger partial charge in [0.1, 0.15) is 5.75 Å². The highest BCUT2D eigenvalue weighted by atomic mass is 16.5. The molecule has 0 unspecified atom stereocenters. The van der Waals surface area contributed by atoms with Crippen molar-refractivity contribution in [3.05, 3.63) is 65.5 Å². The van der Waals surface area contributed by atoms with Crippen LogP contribution in [0.25, 0.3) is 6.08 Å². The second-order valence-corrected chi connectivity index (χ2v) is 6.55. The van der Waals surface area contributed by atoms with Crippen molar-refractivity contribution in [2.24, 2.45) is 0 Å². The van der Waals surface area contributed by atoms with E-state index in [9.17, 15) is 0 Å². The third-order valence-electron chi connectivity index (χ3n) is 5.21. The van der Waals surface area contributed by atoms with Gasteiger partial charge < -0.3 is 4.74 Å². The van der Waals surface area contributed by atoms with E-state index in [4.69, 9.17) is 4.74 Å². The molecule has 1 aliphatic carbocycles. The SMILES string of the molecule is COc1ccc(CN2CCC3(C=Cc4cccnc43)CC2)cc1. The van der Waals surface area contributed by atoms with Gasteiger partial charge >= 0.3 is 0 Å². The summed E-state index contributed by atoms with van der Waals surface area (Å²) < 4.78 is 5.23. The number of benzene rings is 1. The molecule has 4 rings (SSSR count). The Morgan fingerprint density at radius 2 is 1.91 bits per heavy atom. The van der Waals surface area contributed by atoms with Gasteiger partial charge in [0.15, 0.2) is 0 Å². The summed E-state index contributed by atoms with van der Waals surface area (Å²) in [6.45, 7) is 3.25. The molecule has 3 nitrogen and oxygen atoms in total. The lowest BCUT2D eigenvalue weighted by molar-refractivity contribution is 0.175. The second kappa shape index (κ2) is 5.82. The first-order valence-corrected chi connectivity index (χ1v) is 8.29. The third-order valence-corrected chi connectivity index (χ3v) is 5.21. The highest BCUT2D eigenvalue weighted by Crippen LogP contribution is 2.42. The van der Waals surface area contributed by atoms with Gasteiger partial charge in [-0.05, 0) is 55.3 Å². The van der Waals surface area contributed by atoms with Gasteiger partial charge in [-0.2, -0.15) is 0 Å². The summed E-state index contributed by atoms with van der Waals surface area (Å²) in [5.74, 6) is 0.921. The zero-order valence-corrected chi connectivity index (χ0v) is 13.5. The number of ether oxygens (including phenoxy) is 1. The van der Waals surface area contributed by atoms with E-state index in [2.05, 4.69) is 40.2 Å². The lowest BCUT2D eigenvalue weighted by Crippen LogP contribution is -2.41. The van der Waals surface area contributed by atoms with Crippen LogP contribution in [0.4, 0.5) is 0 Å². The van der Waals surface area contributed by atoms with Gasteiger partial charge in [0.2, 0.25) is 0 Å². The van der Waals surface area contributed by atoms with E-state index in [-0.39, 0.29) is 5.41 Å². The molecule has 0 radical (unpaired) electrons. The lowest BCUT2D eigenvalue weighted by atomic mass is 9.77. The summed E-state index contributed by atoms with van der Waals surface area (Å²) in [6, 6.07) is 12.6. The van der Waals surface area contributed by atoms with Crippen LogP contribution in [0.2, 0.25) is 0 Å². The number of allylic oxidation sites excluding steroid dienone is 1. The van der Waals surface area contributed by atoms with Crippen LogP contribution < -0.4 is 4.74 Å². The molecule has 1 saturated heterocycles. The fourth-order valence-electron chi connectivity index (χ4n) is 3.80. The normalized spacial score (nSPS) is 19.0. The number of hydrogen-bond acceptors (Lipinski definition) is 3. The smallest absolute Gasteiger partial charge is 0.118 e. The van der Waals surface area contributed by atoms with Crippen molar-refractivity contribution in [1.82, 2.24) is 9.88 Å². The molecule has 2 aromatic rings. The maximum Gasteiger partial charge on any atom is 0.118 e. The molecular weight excluding hydrogens is 284 g/mol. The molecule has 3 heteroatoms. The fraction of sp³-hybridized carbons (Fsp3) is 0.350. The van der Waals surface area contributed by atoms with Crippen molar-refractivity contribution in [3.8, 4) is 5.75 Å². The second-order valence-electron chi connectivity index (χ2n) is 6.55. The molecular formula is C20H22N2O. The molecule has 1 spiro atoms. The predicted octanol–water partition coefficient (Wildman–Crippen LogP) is 3.65. The zero-order valence-electron chi connectivity index (χ0n) is 13.5. The van der Waals surface area contributed by atoms with Gasteiger partial charge in [0.25, 0.3) is 0 Å². The standard InChI is InChI=1S/C20H22N2O/c1-23-18-6-4-16(5-7-18)15-22-13-10-20(11-14-22)9-8-17-3-2-12-21-19(17)20/h2-9,12H,10-11,13-15H2,1H3. The highest BCUT2D eigenvalue weighted by molar-refractivity contribution is 5.63. The van der Waals surface area contributed by atoms with Gasteiger partial charge in [-0.3, -0.25) is 9.88 Å². The summed E-state index contributed by atoms with van der Waals surface area (Å²) >= 11 is 0. The van der Waals surface area contributed by atoms with E-state index in [0.717, 1.165) is 38.2 Å². The number of fused-ring (bicyclic) bond motifs is 2. The van der Waals surface area contributed by atoms with Gasteiger partial charge in [-0.25, -0.2) is 0 Å². The molecule has 0 saturated carbocycles. The van der Waals surface area contributed by atoms with Crippen LogP contribution in [0.5, 0.6) is 5.75 Å². The van der Waals surface area contributed by atoms with E-state index >= 15 is 0 Å². The van der Waals surface area contributed by atoms with Crippen LogP contribution in [-0.4, -0.2) is 30.1 Å². The Labute approximate surface area is 137 Å². The lowest BCUT2D eigenvalue weighted by Gasteiger charge is -2.38. The molecule has 0 N–H and O–H groups in total. The topological polar surface area (TPSA) is 25.4 Å². The number of hydrogen-bond donors (Lipinski definition) is 0. The van der Waals surface area contributed by atoms with Crippen molar-refractivity contribution < 1.29 is 4.74 Å². The Morgan fingerprint density at radius 1 is 1.13 bits per heavy atom. The number of pyridine rings is 1. The molecule has 23 heavy (non-hydrogen) atoms. The maximum absolute atomic E-state index is 5.23. The summed E-state index contributed by atoms with van der Waals surface area (Å²) in [7, 11) is 1.71. The molecule has 1 aromatic carbocycles. The maximum atomic E-state index is 5.23. The van der Waals surface area contributed by atoms with Crippen molar-refractivity contribution in [3.63, 3.8) is 0 Å². The van der Waals surface area contributed by atoms with Crippen molar-refractivity contribution in [2.45, 2.75) is 24.8 Å².